The first-order valence-corrected chi connectivity index (χ1v) is 21.5. The fourth-order valence-electron chi connectivity index (χ4n) is 7.87. The normalized spacial score (nSPS) is 10.6. The molecular formula is C57H64. The molecule has 8 aromatic rings. The first-order chi connectivity index (χ1) is 27.8. The van der Waals surface area contributed by atoms with Crippen molar-refractivity contribution >= 4 is 32.3 Å². The first kappa shape index (κ1) is 42.7. The third kappa shape index (κ3) is 9.40. The average Bonchev–Trinajstić information content (AvgIpc) is 3.25. The molecule has 0 bridgehead atoms. The molecule has 0 atom stereocenters. The van der Waals surface area contributed by atoms with Crippen molar-refractivity contribution in [2.45, 2.75) is 101 Å². The SMILES string of the molecule is CC.CCCC.CCCCC.Cc1ccc(-c2c3ccccc3c(-c3cccc(-c4ccccc4C)c3C)c3ccccc23)cc1-c1cc2ccccc2cc1C. The van der Waals surface area contributed by atoms with Crippen LogP contribution in [0.4, 0.5) is 0 Å². The molecule has 0 aliphatic rings. The van der Waals surface area contributed by atoms with Gasteiger partial charge in [-0.1, -0.05) is 207 Å². The predicted molar refractivity (Wildman–Crippen MR) is 257 cm³/mol. The van der Waals surface area contributed by atoms with E-state index in [4.69, 9.17) is 0 Å². The quantitative estimate of drug-likeness (QED) is 0.142. The van der Waals surface area contributed by atoms with E-state index in [0.717, 1.165) is 0 Å². The van der Waals surface area contributed by atoms with Crippen LogP contribution < -0.4 is 0 Å². The molecule has 0 heterocycles. The van der Waals surface area contributed by atoms with Crippen LogP contribution in [0, 0.1) is 27.7 Å². The number of unbranched alkanes of at least 4 members (excludes halogenated alkanes) is 3. The zero-order chi connectivity index (χ0) is 40.9. The van der Waals surface area contributed by atoms with Gasteiger partial charge in [-0.2, -0.15) is 0 Å². The number of rotatable bonds is 7. The Morgan fingerprint density at radius 3 is 1.33 bits per heavy atom. The molecule has 8 rings (SSSR count). The summed E-state index contributed by atoms with van der Waals surface area (Å²) in [5, 5.41) is 7.68. The van der Waals surface area contributed by atoms with Crippen molar-refractivity contribution in [3.05, 3.63) is 168 Å². The maximum Gasteiger partial charge on any atom is -0.00235 e. The highest BCUT2D eigenvalue weighted by atomic mass is 14.2. The van der Waals surface area contributed by atoms with Crippen molar-refractivity contribution in [1.82, 2.24) is 0 Å². The molecule has 0 saturated carbocycles. The van der Waals surface area contributed by atoms with E-state index in [9.17, 15) is 0 Å². The first-order valence-electron chi connectivity index (χ1n) is 21.5. The predicted octanol–water partition coefficient (Wildman–Crippen LogP) is 18.1. The van der Waals surface area contributed by atoms with Crippen LogP contribution in [0.25, 0.3) is 76.8 Å². The molecule has 0 nitrogen and oxygen atoms in total. The molecule has 0 aliphatic carbocycles. The summed E-state index contributed by atoms with van der Waals surface area (Å²) in [6.45, 7) is 21.7. The Hall–Kier alpha value is -5.46. The summed E-state index contributed by atoms with van der Waals surface area (Å²) in [6, 6.07) is 53.9. The van der Waals surface area contributed by atoms with Gasteiger partial charge < -0.3 is 0 Å². The van der Waals surface area contributed by atoms with Crippen LogP contribution in [0.2, 0.25) is 0 Å². The fourth-order valence-corrected chi connectivity index (χ4v) is 7.87. The molecule has 292 valence electrons. The van der Waals surface area contributed by atoms with Crippen LogP contribution >= 0.6 is 0 Å². The van der Waals surface area contributed by atoms with Crippen LogP contribution in [0.5, 0.6) is 0 Å². The minimum Gasteiger partial charge on any atom is -0.0683 e. The number of hydrogen-bond donors (Lipinski definition) is 0. The topological polar surface area (TPSA) is 0 Å². The summed E-state index contributed by atoms with van der Waals surface area (Å²) >= 11 is 0. The summed E-state index contributed by atoms with van der Waals surface area (Å²) in [7, 11) is 0. The second-order valence-electron chi connectivity index (χ2n) is 15.0. The van der Waals surface area contributed by atoms with E-state index in [2.05, 4.69) is 201 Å². The number of benzene rings is 8. The molecule has 0 spiro atoms. The summed E-state index contributed by atoms with van der Waals surface area (Å²) in [6.07, 6.45) is 6.72. The van der Waals surface area contributed by atoms with Gasteiger partial charge in [0.25, 0.3) is 0 Å². The van der Waals surface area contributed by atoms with Crippen molar-refractivity contribution in [2.75, 3.05) is 0 Å². The van der Waals surface area contributed by atoms with Crippen LogP contribution in [-0.4, -0.2) is 0 Å². The second kappa shape index (κ2) is 20.6. The minimum absolute atomic E-state index is 1.25. The number of aryl methyl sites for hydroxylation is 3. The summed E-state index contributed by atoms with van der Waals surface area (Å²) in [4.78, 5) is 0. The average molecular weight is 749 g/mol. The molecule has 0 radical (unpaired) electrons. The lowest BCUT2D eigenvalue weighted by Gasteiger charge is -2.21. The Bertz CT molecular complexity index is 2490. The zero-order valence-corrected chi connectivity index (χ0v) is 36.4. The summed E-state index contributed by atoms with van der Waals surface area (Å²) in [5.74, 6) is 0. The largest absolute Gasteiger partial charge is 0.0683 e. The zero-order valence-electron chi connectivity index (χ0n) is 36.4. The molecular weight excluding hydrogens is 685 g/mol. The smallest absolute Gasteiger partial charge is 0.00235 e. The van der Waals surface area contributed by atoms with E-state index in [0.29, 0.717) is 0 Å². The molecule has 0 N–H and O–H groups in total. The molecule has 0 fully saturated rings. The number of hydrogen-bond acceptors (Lipinski definition) is 0. The van der Waals surface area contributed by atoms with Crippen LogP contribution in [0.1, 0.15) is 95.9 Å². The molecule has 0 aliphatic heterocycles. The van der Waals surface area contributed by atoms with Crippen molar-refractivity contribution < 1.29 is 0 Å². The van der Waals surface area contributed by atoms with Gasteiger partial charge in [0.2, 0.25) is 0 Å². The lowest BCUT2D eigenvalue weighted by molar-refractivity contribution is 0.772. The Kier molecular flexibility index (Phi) is 15.4. The van der Waals surface area contributed by atoms with Gasteiger partial charge in [0.15, 0.2) is 0 Å². The van der Waals surface area contributed by atoms with Gasteiger partial charge in [-0.3, -0.25) is 0 Å². The van der Waals surface area contributed by atoms with Crippen molar-refractivity contribution in [1.29, 1.82) is 0 Å². The maximum atomic E-state index is 2.42. The minimum atomic E-state index is 1.25. The Balaban J connectivity index is 0.000000505. The second-order valence-corrected chi connectivity index (χ2v) is 15.0. The molecule has 0 heteroatoms. The summed E-state index contributed by atoms with van der Waals surface area (Å²) in [5.41, 5.74) is 15.5. The standard InChI is InChI=1S/C46H36.C5H12.C4H10.C2H6/c1-29-14-5-8-17-36(29)37-22-13-23-38(32(37)4)46-41-20-11-9-18-39(41)45(40-19-10-12-21-42(40)46)35-25-24-30(2)43(28-35)44-27-34-16-7-6-15-33(34)26-31(44)3;1-3-5-4-2;1-3-4-2;1-2/h5-28H,1-4H3;3-5H2,1-2H3;3-4H2,1-2H3;1-2H3. The Morgan fingerprint density at radius 1 is 0.333 bits per heavy atom. The van der Waals surface area contributed by atoms with E-state index in [1.54, 1.807) is 0 Å². The van der Waals surface area contributed by atoms with E-state index < -0.39 is 0 Å². The fraction of sp³-hybridized carbons (Fsp3) is 0.263. The van der Waals surface area contributed by atoms with Gasteiger partial charge >= 0.3 is 0 Å². The lowest BCUT2D eigenvalue weighted by atomic mass is 9.82. The molecule has 57 heavy (non-hydrogen) atoms. The Morgan fingerprint density at radius 2 is 0.789 bits per heavy atom. The highest BCUT2D eigenvalue weighted by Crippen LogP contribution is 2.46. The van der Waals surface area contributed by atoms with E-state index in [-0.39, 0.29) is 0 Å². The van der Waals surface area contributed by atoms with E-state index in [1.807, 2.05) is 13.8 Å². The highest BCUT2D eigenvalue weighted by Gasteiger charge is 2.20. The number of fused-ring (bicyclic) bond motifs is 3. The molecule has 0 amide bonds. The van der Waals surface area contributed by atoms with Gasteiger partial charge in [0, 0.05) is 0 Å². The van der Waals surface area contributed by atoms with Gasteiger partial charge in [-0.05, 0) is 139 Å². The van der Waals surface area contributed by atoms with Crippen molar-refractivity contribution in [3.8, 4) is 44.5 Å². The third-order valence-electron chi connectivity index (χ3n) is 11.1. The Labute approximate surface area is 344 Å². The van der Waals surface area contributed by atoms with Crippen molar-refractivity contribution in [3.63, 3.8) is 0 Å². The van der Waals surface area contributed by atoms with Crippen molar-refractivity contribution in [2.24, 2.45) is 0 Å². The van der Waals surface area contributed by atoms with Crippen LogP contribution in [0.3, 0.4) is 0 Å². The van der Waals surface area contributed by atoms with Crippen LogP contribution in [0.15, 0.2) is 146 Å². The molecule has 0 unspecified atom stereocenters. The van der Waals surface area contributed by atoms with Gasteiger partial charge in [0.05, 0.1) is 0 Å². The monoisotopic (exact) mass is 749 g/mol. The van der Waals surface area contributed by atoms with E-state index >= 15 is 0 Å². The maximum absolute atomic E-state index is 2.42. The van der Waals surface area contributed by atoms with Crippen LogP contribution in [-0.2, 0) is 0 Å². The van der Waals surface area contributed by atoms with Gasteiger partial charge in [0.1, 0.15) is 0 Å². The van der Waals surface area contributed by atoms with Gasteiger partial charge in [-0.15, -0.1) is 0 Å². The molecule has 8 aromatic carbocycles. The van der Waals surface area contributed by atoms with E-state index in [1.165, 1.54) is 131 Å². The summed E-state index contributed by atoms with van der Waals surface area (Å²) < 4.78 is 0. The lowest BCUT2D eigenvalue weighted by Crippen LogP contribution is -1.95. The van der Waals surface area contributed by atoms with Gasteiger partial charge in [-0.25, -0.2) is 0 Å². The molecule has 0 aromatic heterocycles. The highest BCUT2D eigenvalue weighted by molar-refractivity contribution is 6.22. The molecule has 0 saturated heterocycles. The third-order valence-corrected chi connectivity index (χ3v) is 11.1.